The summed E-state index contributed by atoms with van der Waals surface area (Å²) < 4.78 is 0.943. The summed E-state index contributed by atoms with van der Waals surface area (Å²) in [6.07, 6.45) is 0. The van der Waals surface area contributed by atoms with Crippen molar-refractivity contribution in [2.24, 2.45) is 0 Å². The van der Waals surface area contributed by atoms with Crippen molar-refractivity contribution >= 4 is 49.1 Å². The first-order chi connectivity index (χ1) is 7.75. The van der Waals surface area contributed by atoms with E-state index in [1.54, 1.807) is 0 Å². The lowest BCUT2D eigenvalue weighted by Gasteiger charge is -2.05. The average Bonchev–Trinajstić information content (AvgIpc) is 2.31. The summed E-state index contributed by atoms with van der Waals surface area (Å²) in [7, 11) is 0. The first-order valence-corrected chi connectivity index (χ1v) is 6.19. The van der Waals surface area contributed by atoms with Crippen LogP contribution >= 0.6 is 27.5 Å². The Morgan fingerprint density at radius 1 is 0.812 bits per heavy atom. The van der Waals surface area contributed by atoms with E-state index in [9.17, 15) is 0 Å². The van der Waals surface area contributed by atoms with E-state index in [2.05, 4.69) is 58.4 Å². The molecule has 0 aliphatic carbocycles. The Hall–Kier alpha value is -1.05. The Labute approximate surface area is 107 Å². The summed E-state index contributed by atoms with van der Waals surface area (Å²) in [5.41, 5.74) is 0. The molecule has 0 unspecified atom stereocenters. The van der Waals surface area contributed by atoms with Crippen LogP contribution in [0.3, 0.4) is 0 Å². The van der Waals surface area contributed by atoms with Crippen molar-refractivity contribution in [1.82, 2.24) is 0 Å². The first kappa shape index (κ1) is 10.1. The van der Waals surface area contributed by atoms with Gasteiger partial charge in [0.05, 0.1) is 5.02 Å². The first-order valence-electron chi connectivity index (χ1n) is 5.02. The molecule has 3 aromatic carbocycles. The van der Waals surface area contributed by atoms with Gasteiger partial charge in [-0.25, -0.2) is 0 Å². The number of fused-ring (bicyclic) bond motifs is 3. The van der Waals surface area contributed by atoms with E-state index in [1.165, 1.54) is 21.5 Å². The molecule has 0 amide bonds. The van der Waals surface area contributed by atoms with E-state index in [1.807, 2.05) is 6.07 Å². The van der Waals surface area contributed by atoms with Crippen LogP contribution in [0.1, 0.15) is 0 Å². The molecule has 0 fully saturated rings. The van der Waals surface area contributed by atoms with Crippen molar-refractivity contribution in [3.63, 3.8) is 0 Å². The highest BCUT2D eigenvalue weighted by Gasteiger charge is 2.03. The highest BCUT2D eigenvalue weighted by molar-refractivity contribution is 9.10. The van der Waals surface area contributed by atoms with Crippen LogP contribution in [0.2, 0.25) is 5.02 Å². The lowest BCUT2D eigenvalue weighted by Crippen LogP contribution is -1.78. The van der Waals surface area contributed by atoms with Crippen LogP contribution in [0.25, 0.3) is 21.5 Å². The zero-order chi connectivity index (χ0) is 11.1. The molecule has 78 valence electrons. The van der Waals surface area contributed by atoms with Gasteiger partial charge in [-0.05, 0) is 49.6 Å². The minimum atomic E-state index is 0.753. The van der Waals surface area contributed by atoms with Gasteiger partial charge >= 0.3 is 0 Å². The lowest BCUT2D eigenvalue weighted by atomic mass is 10.0. The van der Waals surface area contributed by atoms with Crippen molar-refractivity contribution in [1.29, 1.82) is 0 Å². The summed E-state index contributed by atoms with van der Waals surface area (Å²) in [6.45, 7) is 0. The minimum Gasteiger partial charge on any atom is -0.0831 e. The predicted molar refractivity (Wildman–Crippen MR) is 74.2 cm³/mol. The van der Waals surface area contributed by atoms with Gasteiger partial charge in [-0.3, -0.25) is 0 Å². The molecule has 0 saturated carbocycles. The quantitative estimate of drug-likeness (QED) is 0.486. The van der Waals surface area contributed by atoms with E-state index in [0.717, 1.165) is 9.50 Å². The van der Waals surface area contributed by atoms with Crippen molar-refractivity contribution < 1.29 is 0 Å². The monoisotopic (exact) mass is 290 g/mol. The van der Waals surface area contributed by atoms with Gasteiger partial charge in [-0.15, -0.1) is 0 Å². The fourth-order valence-electron chi connectivity index (χ4n) is 2.00. The number of benzene rings is 3. The van der Waals surface area contributed by atoms with Crippen LogP contribution in [-0.2, 0) is 0 Å². The Morgan fingerprint density at radius 3 is 2.44 bits per heavy atom. The molecule has 0 aliphatic heterocycles. The van der Waals surface area contributed by atoms with Gasteiger partial charge in [0.15, 0.2) is 0 Å². The largest absolute Gasteiger partial charge is 0.0831 e. The smallest absolute Gasteiger partial charge is 0.0554 e. The van der Waals surface area contributed by atoms with Crippen LogP contribution in [-0.4, -0.2) is 0 Å². The van der Waals surface area contributed by atoms with Crippen LogP contribution in [0.4, 0.5) is 0 Å². The maximum atomic E-state index is 6.09. The second-order valence-electron chi connectivity index (χ2n) is 3.77. The number of halogens is 2. The third-order valence-electron chi connectivity index (χ3n) is 2.79. The Bertz CT molecular complexity index is 689. The molecule has 0 aliphatic rings. The average molecular weight is 292 g/mol. The third kappa shape index (κ3) is 1.51. The van der Waals surface area contributed by atoms with E-state index in [-0.39, 0.29) is 0 Å². The van der Waals surface area contributed by atoms with E-state index in [4.69, 9.17) is 11.6 Å². The predicted octanol–water partition coefficient (Wildman–Crippen LogP) is 5.41. The summed E-state index contributed by atoms with van der Waals surface area (Å²) in [5.74, 6) is 0. The van der Waals surface area contributed by atoms with Crippen molar-refractivity contribution in [2.45, 2.75) is 0 Å². The standard InChI is InChI=1S/C14H8BrCl/c15-13-8-12-10(7-14(13)16)6-5-9-3-1-2-4-11(9)12/h1-8H. The molecule has 0 saturated heterocycles. The number of hydrogen-bond acceptors (Lipinski definition) is 0. The molecule has 0 heterocycles. The lowest BCUT2D eigenvalue weighted by molar-refractivity contribution is 1.72. The summed E-state index contributed by atoms with van der Waals surface area (Å²) in [5, 5.41) is 5.67. The molecule has 2 heteroatoms. The second-order valence-corrected chi connectivity index (χ2v) is 5.04. The van der Waals surface area contributed by atoms with Gasteiger partial charge in [-0.2, -0.15) is 0 Å². The van der Waals surface area contributed by atoms with Gasteiger partial charge in [0.25, 0.3) is 0 Å². The van der Waals surface area contributed by atoms with Gasteiger partial charge in [0.2, 0.25) is 0 Å². The van der Waals surface area contributed by atoms with Gasteiger partial charge < -0.3 is 0 Å². The second kappa shape index (κ2) is 3.76. The number of rotatable bonds is 0. The Morgan fingerprint density at radius 2 is 1.56 bits per heavy atom. The zero-order valence-electron chi connectivity index (χ0n) is 8.37. The molecular formula is C14H8BrCl. The van der Waals surface area contributed by atoms with Crippen molar-refractivity contribution in [3.8, 4) is 0 Å². The maximum Gasteiger partial charge on any atom is 0.0554 e. The van der Waals surface area contributed by atoms with E-state index in [0.29, 0.717) is 0 Å². The summed E-state index contributed by atoms with van der Waals surface area (Å²) in [6, 6.07) is 16.7. The fourth-order valence-corrected chi connectivity index (χ4v) is 2.52. The van der Waals surface area contributed by atoms with Crippen LogP contribution in [0, 0.1) is 0 Å². The molecule has 0 radical (unpaired) electrons. The van der Waals surface area contributed by atoms with Crippen molar-refractivity contribution in [3.05, 3.63) is 58.0 Å². The summed E-state index contributed by atoms with van der Waals surface area (Å²) >= 11 is 9.56. The SMILES string of the molecule is Clc1cc2ccc3ccccc3c2cc1Br. The molecule has 16 heavy (non-hydrogen) atoms. The maximum absolute atomic E-state index is 6.09. The third-order valence-corrected chi connectivity index (χ3v) is 3.98. The number of hydrogen-bond donors (Lipinski definition) is 0. The Balaban J connectivity index is 2.55. The van der Waals surface area contributed by atoms with Gasteiger partial charge in [0.1, 0.15) is 0 Å². The molecule has 0 bridgehead atoms. The van der Waals surface area contributed by atoms with Gasteiger partial charge in [0, 0.05) is 4.47 Å². The summed E-state index contributed by atoms with van der Waals surface area (Å²) in [4.78, 5) is 0. The van der Waals surface area contributed by atoms with Gasteiger partial charge in [-0.1, -0.05) is 48.0 Å². The normalized spacial score (nSPS) is 11.1. The minimum absolute atomic E-state index is 0.753. The molecule has 0 atom stereocenters. The topological polar surface area (TPSA) is 0 Å². The zero-order valence-corrected chi connectivity index (χ0v) is 10.7. The van der Waals surface area contributed by atoms with Crippen LogP contribution in [0.5, 0.6) is 0 Å². The molecule has 0 spiro atoms. The molecular weight excluding hydrogens is 284 g/mol. The highest BCUT2D eigenvalue weighted by atomic mass is 79.9. The van der Waals surface area contributed by atoms with E-state index >= 15 is 0 Å². The Kier molecular flexibility index (Phi) is 2.38. The van der Waals surface area contributed by atoms with E-state index < -0.39 is 0 Å². The fraction of sp³-hybridized carbons (Fsp3) is 0. The van der Waals surface area contributed by atoms with Crippen LogP contribution < -0.4 is 0 Å². The van der Waals surface area contributed by atoms with Crippen LogP contribution in [0.15, 0.2) is 53.0 Å². The molecule has 3 aromatic rings. The molecule has 0 nitrogen and oxygen atoms in total. The molecule has 0 aromatic heterocycles. The highest BCUT2D eigenvalue weighted by Crippen LogP contribution is 2.32. The molecule has 0 N–H and O–H groups in total. The van der Waals surface area contributed by atoms with Crippen molar-refractivity contribution in [2.75, 3.05) is 0 Å². The molecule has 3 rings (SSSR count).